The molecule has 0 saturated carbocycles. The lowest BCUT2D eigenvalue weighted by molar-refractivity contribution is -0.111. The summed E-state index contributed by atoms with van der Waals surface area (Å²) < 4.78 is 14.1. The van der Waals surface area contributed by atoms with Crippen LogP contribution in [0, 0.1) is 0 Å². The number of hydrogen-bond donors (Lipinski definition) is 4. The molecular formula is C28H27FN6O. The summed E-state index contributed by atoms with van der Waals surface area (Å²) >= 11 is 0. The van der Waals surface area contributed by atoms with Crippen LogP contribution in [0.3, 0.4) is 0 Å². The highest BCUT2D eigenvalue weighted by Crippen LogP contribution is 2.30. The largest absolute Gasteiger partial charge is 0.379 e. The van der Waals surface area contributed by atoms with Gasteiger partial charge in [0.15, 0.2) is 0 Å². The van der Waals surface area contributed by atoms with Crippen LogP contribution in [0.25, 0.3) is 22.0 Å². The fourth-order valence-corrected chi connectivity index (χ4v) is 4.28. The van der Waals surface area contributed by atoms with Crippen LogP contribution in [0.2, 0.25) is 0 Å². The molecule has 2 heterocycles. The maximum absolute atomic E-state index is 14.1. The molecule has 8 heteroatoms. The van der Waals surface area contributed by atoms with Crippen molar-refractivity contribution < 1.29 is 9.18 Å². The third-order valence-corrected chi connectivity index (χ3v) is 6.14. The van der Waals surface area contributed by atoms with Gasteiger partial charge >= 0.3 is 0 Å². The van der Waals surface area contributed by atoms with Crippen LogP contribution in [0.4, 0.5) is 27.4 Å². The second-order valence-electron chi connectivity index (χ2n) is 8.67. The maximum Gasteiger partial charge on any atom is 0.247 e. The first kappa shape index (κ1) is 23.4. The standard InChI is InChI=1S/C28H27FN6O/c1-2-26(36)33-22-7-3-5-18(15-22)23-8-4-6-19-16-31-28(35-27(19)23)34-21-11-9-20(10-12-21)32-25-13-14-30-17-24(25)29/h2-12,15-16,24-25,30,32H,1,13-14,17H2,(H,33,36)(H,31,34,35). The zero-order valence-electron chi connectivity index (χ0n) is 19.7. The first-order valence-electron chi connectivity index (χ1n) is 11.9. The van der Waals surface area contributed by atoms with Gasteiger partial charge in [0.1, 0.15) is 6.17 Å². The Labute approximate surface area is 208 Å². The molecule has 1 saturated heterocycles. The molecule has 4 N–H and O–H groups in total. The SMILES string of the molecule is C=CC(=O)Nc1cccc(-c2cccc3cnc(Nc4ccc(NC5CCNCC5F)cc4)nc23)c1. The number of carbonyl (C=O) groups is 1. The molecule has 7 nitrogen and oxygen atoms in total. The number of nitrogens with zero attached hydrogens (tertiary/aromatic N) is 2. The van der Waals surface area contributed by atoms with E-state index < -0.39 is 6.17 Å². The molecule has 36 heavy (non-hydrogen) atoms. The van der Waals surface area contributed by atoms with Gasteiger partial charge in [-0.1, -0.05) is 36.9 Å². The van der Waals surface area contributed by atoms with Gasteiger partial charge in [0.25, 0.3) is 0 Å². The summed E-state index contributed by atoms with van der Waals surface area (Å²) in [4.78, 5) is 21.0. The first-order valence-corrected chi connectivity index (χ1v) is 11.9. The Morgan fingerprint density at radius 3 is 2.67 bits per heavy atom. The van der Waals surface area contributed by atoms with Crippen LogP contribution in [-0.4, -0.2) is 41.2 Å². The normalized spacial score (nSPS) is 17.4. The molecule has 1 fully saturated rings. The quantitative estimate of drug-likeness (QED) is 0.268. The van der Waals surface area contributed by atoms with Crippen molar-refractivity contribution >= 4 is 39.8 Å². The van der Waals surface area contributed by atoms with E-state index in [0.29, 0.717) is 18.2 Å². The first-order chi connectivity index (χ1) is 17.6. The van der Waals surface area contributed by atoms with E-state index in [2.05, 4.69) is 32.8 Å². The Hall–Kier alpha value is -4.30. The Morgan fingerprint density at radius 1 is 1.06 bits per heavy atom. The molecule has 0 radical (unpaired) electrons. The van der Waals surface area contributed by atoms with Gasteiger partial charge in [-0.25, -0.2) is 14.4 Å². The molecule has 0 aliphatic carbocycles. The molecule has 1 aromatic heterocycles. The number of hydrogen-bond acceptors (Lipinski definition) is 6. The fraction of sp³-hybridized carbons (Fsp3) is 0.179. The number of alkyl halides is 1. The van der Waals surface area contributed by atoms with E-state index in [4.69, 9.17) is 4.98 Å². The van der Waals surface area contributed by atoms with Gasteiger partial charge in [0.05, 0.1) is 11.6 Å². The molecule has 3 aromatic carbocycles. The third kappa shape index (κ3) is 5.34. The minimum absolute atomic E-state index is 0.184. The zero-order valence-corrected chi connectivity index (χ0v) is 19.7. The van der Waals surface area contributed by atoms with E-state index in [9.17, 15) is 9.18 Å². The molecule has 4 aromatic rings. The smallest absolute Gasteiger partial charge is 0.247 e. The highest BCUT2D eigenvalue weighted by molar-refractivity contribution is 6.00. The van der Waals surface area contributed by atoms with Crippen LogP contribution in [0.5, 0.6) is 0 Å². The molecule has 0 bridgehead atoms. The van der Waals surface area contributed by atoms with Crippen molar-refractivity contribution in [1.82, 2.24) is 15.3 Å². The molecule has 182 valence electrons. The van der Waals surface area contributed by atoms with Crippen LogP contribution in [0.15, 0.2) is 85.6 Å². The number of fused-ring (bicyclic) bond motifs is 1. The van der Waals surface area contributed by atoms with Gasteiger partial charge in [0.2, 0.25) is 11.9 Å². The minimum atomic E-state index is -0.907. The number of anilines is 4. The zero-order chi connectivity index (χ0) is 24.9. The highest BCUT2D eigenvalue weighted by atomic mass is 19.1. The van der Waals surface area contributed by atoms with E-state index in [1.165, 1.54) is 6.08 Å². The predicted octanol–water partition coefficient (Wildman–Crippen LogP) is 5.28. The van der Waals surface area contributed by atoms with Crippen LogP contribution >= 0.6 is 0 Å². The van der Waals surface area contributed by atoms with Crippen molar-refractivity contribution in [3.8, 4) is 11.1 Å². The summed E-state index contributed by atoms with van der Waals surface area (Å²) in [7, 11) is 0. The molecule has 2 unspecified atom stereocenters. The monoisotopic (exact) mass is 482 g/mol. The average Bonchev–Trinajstić information content (AvgIpc) is 2.91. The second-order valence-corrected chi connectivity index (χ2v) is 8.67. The number of nitrogens with one attached hydrogen (secondary N) is 4. The maximum atomic E-state index is 14.1. The summed E-state index contributed by atoms with van der Waals surface area (Å²) in [6.45, 7) is 4.69. The average molecular weight is 483 g/mol. The molecule has 1 aliphatic rings. The van der Waals surface area contributed by atoms with Gasteiger partial charge < -0.3 is 21.3 Å². The Morgan fingerprint density at radius 2 is 1.86 bits per heavy atom. The van der Waals surface area contributed by atoms with Crippen molar-refractivity contribution in [3.05, 3.63) is 85.6 Å². The molecule has 2 atom stereocenters. The molecule has 1 aliphatic heterocycles. The number of rotatable bonds is 7. The number of benzene rings is 3. The van der Waals surface area contributed by atoms with Crippen LogP contribution in [-0.2, 0) is 4.79 Å². The van der Waals surface area contributed by atoms with Crippen molar-refractivity contribution in [1.29, 1.82) is 0 Å². The lowest BCUT2D eigenvalue weighted by Crippen LogP contribution is -2.45. The number of piperidine rings is 1. The Bertz CT molecular complexity index is 1390. The summed E-state index contributed by atoms with van der Waals surface area (Å²) in [6.07, 6.45) is 2.86. The third-order valence-electron chi connectivity index (χ3n) is 6.14. The second kappa shape index (κ2) is 10.5. The van der Waals surface area contributed by atoms with Crippen molar-refractivity contribution in [2.45, 2.75) is 18.6 Å². The number of amides is 1. The van der Waals surface area contributed by atoms with Gasteiger partial charge in [-0.05, 0) is 61.0 Å². The van der Waals surface area contributed by atoms with E-state index in [1.54, 1.807) is 6.20 Å². The lowest BCUT2D eigenvalue weighted by atomic mass is 10.0. The van der Waals surface area contributed by atoms with Crippen molar-refractivity contribution in [2.24, 2.45) is 0 Å². The summed E-state index contributed by atoms with van der Waals surface area (Å²) in [5.74, 6) is 0.203. The van der Waals surface area contributed by atoms with Crippen LogP contribution in [0.1, 0.15) is 6.42 Å². The topological polar surface area (TPSA) is 91.0 Å². The summed E-state index contributed by atoms with van der Waals surface area (Å²) in [6, 6.07) is 21.0. The molecule has 1 amide bonds. The molecular weight excluding hydrogens is 455 g/mol. The lowest BCUT2D eigenvalue weighted by Gasteiger charge is -2.28. The highest BCUT2D eigenvalue weighted by Gasteiger charge is 2.24. The Kier molecular flexibility index (Phi) is 6.86. The van der Waals surface area contributed by atoms with Gasteiger partial charge in [-0.3, -0.25) is 4.79 Å². The van der Waals surface area contributed by atoms with Gasteiger partial charge in [-0.2, -0.15) is 0 Å². The van der Waals surface area contributed by atoms with E-state index in [1.807, 2.05) is 66.7 Å². The fourth-order valence-electron chi connectivity index (χ4n) is 4.28. The van der Waals surface area contributed by atoms with Crippen molar-refractivity contribution in [3.63, 3.8) is 0 Å². The summed E-state index contributed by atoms with van der Waals surface area (Å²) in [5.41, 5.74) is 5.02. The van der Waals surface area contributed by atoms with E-state index >= 15 is 0 Å². The van der Waals surface area contributed by atoms with Crippen molar-refractivity contribution in [2.75, 3.05) is 29.0 Å². The van der Waals surface area contributed by atoms with E-state index in [-0.39, 0.29) is 11.9 Å². The number of halogens is 1. The molecule has 5 rings (SSSR count). The number of aromatic nitrogens is 2. The van der Waals surface area contributed by atoms with Gasteiger partial charge in [0, 0.05) is 40.8 Å². The molecule has 0 spiro atoms. The Balaban J connectivity index is 1.36. The predicted molar refractivity (Wildman–Crippen MR) is 143 cm³/mol. The van der Waals surface area contributed by atoms with Crippen LogP contribution < -0.4 is 21.3 Å². The number of para-hydroxylation sites is 1. The number of carbonyl (C=O) groups excluding carboxylic acids is 1. The summed E-state index contributed by atoms with van der Waals surface area (Å²) in [5, 5.41) is 13.3. The van der Waals surface area contributed by atoms with E-state index in [0.717, 1.165) is 46.4 Å². The van der Waals surface area contributed by atoms with Gasteiger partial charge in [-0.15, -0.1) is 0 Å². The minimum Gasteiger partial charge on any atom is -0.379 e.